The zero-order valence-electron chi connectivity index (χ0n) is 16.3. The van der Waals surface area contributed by atoms with Gasteiger partial charge in [0, 0.05) is 0 Å². The number of aliphatic carboxylic acids is 1. The Labute approximate surface area is 168 Å². The first-order valence-corrected chi connectivity index (χ1v) is 9.06. The number of carboxylic acids is 1. The van der Waals surface area contributed by atoms with E-state index in [9.17, 15) is 29.4 Å². The zero-order valence-corrected chi connectivity index (χ0v) is 16.3. The topological polar surface area (TPSA) is 151 Å². The SMILES string of the molecule is CCOC(=O)[C@@H](C)C[C@@H](NC(=O)[C@H](CO)NC(=O)OCc1ccccc1)C(=O)O. The molecule has 0 heterocycles. The number of nitrogens with one attached hydrogen (secondary N) is 2. The summed E-state index contributed by atoms with van der Waals surface area (Å²) in [4.78, 5) is 47.2. The van der Waals surface area contributed by atoms with Crippen molar-refractivity contribution in [3.8, 4) is 0 Å². The molecule has 0 spiro atoms. The van der Waals surface area contributed by atoms with Gasteiger partial charge in [0.25, 0.3) is 0 Å². The van der Waals surface area contributed by atoms with E-state index in [1.165, 1.54) is 6.92 Å². The Balaban J connectivity index is 2.60. The van der Waals surface area contributed by atoms with Crippen LogP contribution >= 0.6 is 0 Å². The number of hydrogen-bond acceptors (Lipinski definition) is 7. The molecule has 0 unspecified atom stereocenters. The molecule has 4 N–H and O–H groups in total. The van der Waals surface area contributed by atoms with Crippen molar-refractivity contribution >= 4 is 23.9 Å². The van der Waals surface area contributed by atoms with E-state index in [2.05, 4.69) is 10.6 Å². The molecule has 3 atom stereocenters. The standard InChI is InChI=1S/C19H26N2O8/c1-3-28-18(26)12(2)9-14(17(24)25)20-16(23)15(10-22)21-19(27)29-11-13-7-5-4-6-8-13/h4-8,12,14-15,22H,3,9-11H2,1-2H3,(H,20,23)(H,21,27)(H,24,25)/t12-,14+,15-/m0/s1. The maximum Gasteiger partial charge on any atom is 0.408 e. The van der Waals surface area contributed by atoms with Gasteiger partial charge in [-0.3, -0.25) is 9.59 Å². The fourth-order valence-electron chi connectivity index (χ4n) is 2.33. The van der Waals surface area contributed by atoms with Crippen molar-refractivity contribution < 1.29 is 38.9 Å². The second kappa shape index (κ2) is 12.3. The Hall–Kier alpha value is -3.14. The lowest BCUT2D eigenvalue weighted by Crippen LogP contribution is -2.53. The highest BCUT2D eigenvalue weighted by Gasteiger charge is 2.29. The fourth-order valence-corrected chi connectivity index (χ4v) is 2.33. The number of aliphatic hydroxyl groups is 1. The van der Waals surface area contributed by atoms with E-state index in [4.69, 9.17) is 9.47 Å². The highest BCUT2D eigenvalue weighted by Crippen LogP contribution is 2.09. The lowest BCUT2D eigenvalue weighted by Gasteiger charge is -2.21. The Bertz CT molecular complexity index is 695. The molecule has 0 radical (unpaired) electrons. The van der Waals surface area contributed by atoms with Crippen LogP contribution in [0.4, 0.5) is 4.79 Å². The highest BCUT2D eigenvalue weighted by molar-refractivity contribution is 5.89. The van der Waals surface area contributed by atoms with Crippen LogP contribution in [-0.2, 0) is 30.5 Å². The average molecular weight is 410 g/mol. The summed E-state index contributed by atoms with van der Waals surface area (Å²) in [5, 5.41) is 23.0. The third-order valence-corrected chi connectivity index (χ3v) is 3.90. The largest absolute Gasteiger partial charge is 0.480 e. The van der Waals surface area contributed by atoms with Gasteiger partial charge in [-0.15, -0.1) is 0 Å². The molecule has 1 rings (SSSR count). The van der Waals surface area contributed by atoms with Crippen molar-refractivity contribution in [3.63, 3.8) is 0 Å². The third kappa shape index (κ3) is 8.60. The molecule has 29 heavy (non-hydrogen) atoms. The van der Waals surface area contributed by atoms with E-state index in [1.54, 1.807) is 37.3 Å². The minimum Gasteiger partial charge on any atom is -0.480 e. The van der Waals surface area contributed by atoms with Crippen molar-refractivity contribution in [3.05, 3.63) is 35.9 Å². The molecule has 1 aromatic carbocycles. The van der Waals surface area contributed by atoms with Crippen molar-refractivity contribution in [2.75, 3.05) is 13.2 Å². The van der Waals surface area contributed by atoms with Gasteiger partial charge in [-0.05, 0) is 18.9 Å². The zero-order chi connectivity index (χ0) is 21.8. The first-order chi connectivity index (χ1) is 13.8. The first-order valence-electron chi connectivity index (χ1n) is 9.06. The van der Waals surface area contributed by atoms with Crippen LogP contribution in [0.15, 0.2) is 30.3 Å². The second-order valence-electron chi connectivity index (χ2n) is 6.23. The van der Waals surface area contributed by atoms with Gasteiger partial charge in [-0.2, -0.15) is 0 Å². The van der Waals surface area contributed by atoms with Crippen LogP contribution in [0.25, 0.3) is 0 Å². The number of hydrogen-bond donors (Lipinski definition) is 4. The van der Waals surface area contributed by atoms with E-state index < -0.39 is 48.5 Å². The summed E-state index contributed by atoms with van der Waals surface area (Å²) in [7, 11) is 0. The molecule has 0 aliphatic heterocycles. The smallest absolute Gasteiger partial charge is 0.408 e. The summed E-state index contributed by atoms with van der Waals surface area (Å²) < 4.78 is 9.78. The Morgan fingerprint density at radius 1 is 1.03 bits per heavy atom. The van der Waals surface area contributed by atoms with Gasteiger partial charge in [0.05, 0.1) is 19.1 Å². The predicted molar refractivity (Wildman–Crippen MR) is 101 cm³/mol. The Morgan fingerprint density at radius 2 is 1.69 bits per heavy atom. The lowest BCUT2D eigenvalue weighted by atomic mass is 10.0. The fraction of sp³-hybridized carbons (Fsp3) is 0.474. The van der Waals surface area contributed by atoms with Crippen LogP contribution < -0.4 is 10.6 Å². The number of alkyl carbamates (subject to hydrolysis) is 1. The number of ether oxygens (including phenoxy) is 2. The molecule has 1 aromatic rings. The van der Waals surface area contributed by atoms with Crippen molar-refractivity contribution in [1.82, 2.24) is 10.6 Å². The Kier molecular flexibility index (Phi) is 10.2. The summed E-state index contributed by atoms with van der Waals surface area (Å²) in [5.41, 5.74) is 0.728. The minimum absolute atomic E-state index is 0.0404. The van der Waals surface area contributed by atoms with Gasteiger partial charge >= 0.3 is 18.0 Å². The quantitative estimate of drug-likeness (QED) is 0.384. The van der Waals surface area contributed by atoms with Crippen LogP contribution in [0.5, 0.6) is 0 Å². The van der Waals surface area contributed by atoms with Crippen molar-refractivity contribution in [1.29, 1.82) is 0 Å². The van der Waals surface area contributed by atoms with E-state index in [0.29, 0.717) is 0 Å². The molecule has 0 saturated carbocycles. The number of amides is 2. The second-order valence-corrected chi connectivity index (χ2v) is 6.23. The van der Waals surface area contributed by atoms with E-state index in [0.717, 1.165) is 5.56 Å². The van der Waals surface area contributed by atoms with Gasteiger partial charge < -0.3 is 30.3 Å². The predicted octanol–water partition coefficient (Wildman–Crippen LogP) is 0.432. The van der Waals surface area contributed by atoms with Crippen LogP contribution in [0.2, 0.25) is 0 Å². The summed E-state index contributed by atoms with van der Waals surface area (Å²) >= 11 is 0. The van der Waals surface area contributed by atoms with Gasteiger partial charge in [0.15, 0.2) is 0 Å². The van der Waals surface area contributed by atoms with Crippen molar-refractivity contribution in [2.45, 2.75) is 39.0 Å². The molecule has 0 saturated heterocycles. The Morgan fingerprint density at radius 3 is 2.24 bits per heavy atom. The molecule has 0 aromatic heterocycles. The molecule has 10 nitrogen and oxygen atoms in total. The molecule has 0 aliphatic rings. The maximum absolute atomic E-state index is 12.3. The van der Waals surface area contributed by atoms with Crippen molar-refractivity contribution in [2.24, 2.45) is 5.92 Å². The van der Waals surface area contributed by atoms with Gasteiger partial charge in [-0.1, -0.05) is 37.3 Å². The number of esters is 1. The third-order valence-electron chi connectivity index (χ3n) is 3.90. The van der Waals surface area contributed by atoms with Crippen LogP contribution in [-0.4, -0.2) is 59.4 Å². The van der Waals surface area contributed by atoms with Crippen LogP contribution in [0.1, 0.15) is 25.8 Å². The number of benzene rings is 1. The summed E-state index contributed by atoms with van der Waals surface area (Å²) in [6.45, 7) is 2.43. The van der Waals surface area contributed by atoms with E-state index >= 15 is 0 Å². The maximum atomic E-state index is 12.3. The van der Waals surface area contributed by atoms with Gasteiger partial charge in [-0.25, -0.2) is 9.59 Å². The molecule has 0 aliphatic carbocycles. The number of carbonyl (C=O) groups is 4. The average Bonchev–Trinajstić information content (AvgIpc) is 2.70. The highest BCUT2D eigenvalue weighted by atomic mass is 16.5. The molecule has 160 valence electrons. The monoisotopic (exact) mass is 410 g/mol. The summed E-state index contributed by atoms with van der Waals surface area (Å²) in [6, 6.07) is 6.00. The lowest BCUT2D eigenvalue weighted by molar-refractivity contribution is -0.149. The molecule has 0 fully saturated rings. The molecule has 0 bridgehead atoms. The summed E-state index contributed by atoms with van der Waals surface area (Å²) in [6.07, 6.45) is -1.16. The molecular weight excluding hydrogens is 384 g/mol. The number of rotatable bonds is 11. The number of carbonyl (C=O) groups excluding carboxylic acids is 3. The van der Waals surface area contributed by atoms with E-state index in [1.807, 2.05) is 0 Å². The molecular formula is C19H26N2O8. The first kappa shape index (κ1) is 23.9. The number of aliphatic hydroxyl groups excluding tert-OH is 1. The summed E-state index contributed by atoms with van der Waals surface area (Å²) in [5.74, 6) is -3.65. The van der Waals surface area contributed by atoms with E-state index in [-0.39, 0.29) is 19.6 Å². The van der Waals surface area contributed by atoms with Crippen LogP contribution in [0, 0.1) is 5.92 Å². The molecule has 10 heteroatoms. The van der Waals surface area contributed by atoms with Gasteiger partial charge in [0.1, 0.15) is 18.7 Å². The minimum atomic E-state index is -1.42. The number of carboxylic acid groups (broad SMARTS) is 1. The molecule has 2 amide bonds. The van der Waals surface area contributed by atoms with Gasteiger partial charge in [0.2, 0.25) is 5.91 Å². The van der Waals surface area contributed by atoms with Crippen LogP contribution in [0.3, 0.4) is 0 Å². The normalized spacial score (nSPS) is 13.5.